The van der Waals surface area contributed by atoms with Crippen molar-refractivity contribution in [2.45, 2.75) is 0 Å². The highest BCUT2D eigenvalue weighted by Crippen LogP contribution is 2.27. The van der Waals surface area contributed by atoms with Gasteiger partial charge in [-0.15, -0.1) is 0 Å². The quantitative estimate of drug-likeness (QED) is 0.467. The Hall–Kier alpha value is -3.20. The second-order valence-corrected chi connectivity index (χ2v) is 5.33. The summed E-state index contributed by atoms with van der Waals surface area (Å²) in [7, 11) is 1.25. The van der Waals surface area contributed by atoms with Crippen molar-refractivity contribution in [3.8, 4) is 5.75 Å². The zero-order valence-electron chi connectivity index (χ0n) is 13.3. The molecule has 136 valence electrons. The van der Waals surface area contributed by atoms with E-state index in [1.165, 1.54) is 31.4 Å². The van der Waals surface area contributed by atoms with Crippen molar-refractivity contribution in [1.29, 1.82) is 0 Å². The van der Waals surface area contributed by atoms with Crippen LogP contribution in [0, 0.1) is 15.9 Å². The first-order valence-electron chi connectivity index (χ1n) is 7.06. The Morgan fingerprint density at radius 3 is 2.65 bits per heavy atom. The lowest BCUT2D eigenvalue weighted by Crippen LogP contribution is -2.21. The van der Waals surface area contributed by atoms with Gasteiger partial charge in [0.2, 0.25) is 0 Å². The van der Waals surface area contributed by atoms with Crippen molar-refractivity contribution in [3.63, 3.8) is 0 Å². The van der Waals surface area contributed by atoms with Gasteiger partial charge in [-0.3, -0.25) is 14.9 Å². The van der Waals surface area contributed by atoms with Gasteiger partial charge in [-0.2, -0.15) is 0 Å². The molecule has 1 N–H and O–H groups in total. The summed E-state index contributed by atoms with van der Waals surface area (Å²) in [5.74, 6) is -2.50. The summed E-state index contributed by atoms with van der Waals surface area (Å²) in [4.78, 5) is 33.9. The van der Waals surface area contributed by atoms with E-state index < -0.39 is 34.9 Å². The van der Waals surface area contributed by atoms with Crippen LogP contribution in [-0.4, -0.2) is 30.5 Å². The molecule has 0 spiro atoms. The minimum atomic E-state index is -0.961. The largest absolute Gasteiger partial charge is 0.490 e. The van der Waals surface area contributed by atoms with E-state index in [2.05, 4.69) is 5.32 Å². The van der Waals surface area contributed by atoms with Crippen LogP contribution in [0.25, 0.3) is 0 Å². The molecule has 10 heteroatoms. The summed E-state index contributed by atoms with van der Waals surface area (Å²) >= 11 is 5.70. The van der Waals surface area contributed by atoms with Crippen molar-refractivity contribution >= 4 is 34.9 Å². The number of esters is 1. The summed E-state index contributed by atoms with van der Waals surface area (Å²) in [5.41, 5.74) is -0.731. The highest BCUT2D eigenvalue weighted by molar-refractivity contribution is 6.30. The predicted molar refractivity (Wildman–Crippen MR) is 90.0 cm³/mol. The van der Waals surface area contributed by atoms with Gasteiger partial charge in [0.15, 0.2) is 12.4 Å². The molecule has 0 radical (unpaired) electrons. The number of hydrogen-bond acceptors (Lipinski definition) is 6. The number of benzene rings is 2. The van der Waals surface area contributed by atoms with Crippen LogP contribution in [0.2, 0.25) is 5.02 Å². The zero-order chi connectivity index (χ0) is 19.3. The summed E-state index contributed by atoms with van der Waals surface area (Å²) < 4.78 is 23.1. The number of carbonyl (C=O) groups excluding carboxylic acids is 2. The highest BCUT2D eigenvalue weighted by Gasteiger charge is 2.19. The number of amides is 1. The number of carbonyl (C=O) groups is 2. The molecule has 2 aromatic rings. The second kappa shape index (κ2) is 8.26. The van der Waals surface area contributed by atoms with Crippen molar-refractivity contribution in [1.82, 2.24) is 0 Å². The van der Waals surface area contributed by atoms with Crippen LogP contribution in [0.15, 0.2) is 36.4 Å². The first-order chi connectivity index (χ1) is 12.3. The van der Waals surface area contributed by atoms with Crippen LogP contribution in [0.1, 0.15) is 10.4 Å². The van der Waals surface area contributed by atoms with Crippen LogP contribution >= 0.6 is 11.6 Å². The van der Waals surface area contributed by atoms with E-state index in [0.717, 1.165) is 12.1 Å². The maximum Gasteiger partial charge on any atom is 0.338 e. The lowest BCUT2D eigenvalue weighted by molar-refractivity contribution is -0.385. The Balaban J connectivity index is 2.02. The lowest BCUT2D eigenvalue weighted by Gasteiger charge is -2.08. The maximum atomic E-state index is 13.5. The molecule has 0 bridgehead atoms. The van der Waals surface area contributed by atoms with Gasteiger partial charge >= 0.3 is 11.7 Å². The standard InChI is InChI=1S/C16H12ClFN2O6/c1-25-14-5-2-9(6-13(14)20(23)24)16(22)26-8-15(21)19-12-7-10(17)3-4-11(12)18/h2-7H,8H2,1H3,(H,19,21). The Bertz CT molecular complexity index is 874. The first kappa shape index (κ1) is 19.1. The minimum Gasteiger partial charge on any atom is -0.490 e. The molecule has 0 aromatic heterocycles. The molecule has 0 heterocycles. The number of ether oxygens (including phenoxy) is 2. The fourth-order valence-corrected chi connectivity index (χ4v) is 2.13. The van der Waals surface area contributed by atoms with Gasteiger partial charge < -0.3 is 14.8 Å². The third-order valence-corrected chi connectivity index (χ3v) is 3.38. The number of methoxy groups -OCH3 is 1. The average molecular weight is 383 g/mol. The van der Waals surface area contributed by atoms with Gasteiger partial charge in [0.1, 0.15) is 5.82 Å². The van der Waals surface area contributed by atoms with Gasteiger partial charge in [-0.25, -0.2) is 9.18 Å². The number of nitro groups is 1. The number of hydrogen-bond donors (Lipinski definition) is 1. The normalized spacial score (nSPS) is 10.1. The van der Waals surface area contributed by atoms with Crippen LogP contribution in [0.4, 0.5) is 15.8 Å². The summed E-state index contributed by atoms with van der Waals surface area (Å²) in [6.45, 7) is -0.718. The van der Waals surface area contributed by atoms with Crippen molar-refractivity contribution in [2.24, 2.45) is 0 Å². The number of nitrogens with one attached hydrogen (secondary N) is 1. The van der Waals surface area contributed by atoms with Gasteiger partial charge in [0.05, 0.1) is 23.3 Å². The number of rotatable bonds is 6. The molecule has 0 unspecified atom stereocenters. The van der Waals surface area contributed by atoms with Crippen LogP contribution in [-0.2, 0) is 9.53 Å². The molecule has 8 nitrogen and oxygen atoms in total. The third-order valence-electron chi connectivity index (χ3n) is 3.15. The molecule has 2 aromatic carbocycles. The van der Waals surface area contributed by atoms with Gasteiger partial charge in [0, 0.05) is 11.1 Å². The average Bonchev–Trinajstić information content (AvgIpc) is 2.62. The van der Waals surface area contributed by atoms with Crippen LogP contribution in [0.5, 0.6) is 5.75 Å². The topological polar surface area (TPSA) is 108 Å². The maximum absolute atomic E-state index is 13.5. The van der Waals surface area contributed by atoms with E-state index in [1.807, 2.05) is 0 Å². The Morgan fingerprint density at radius 1 is 1.27 bits per heavy atom. The molecule has 0 fully saturated rings. The van der Waals surface area contributed by atoms with Gasteiger partial charge in [-0.05, 0) is 30.3 Å². The van der Waals surface area contributed by atoms with Crippen LogP contribution in [0.3, 0.4) is 0 Å². The SMILES string of the molecule is COc1ccc(C(=O)OCC(=O)Nc2cc(Cl)ccc2F)cc1[N+](=O)[O-]. The molecule has 1 amide bonds. The monoisotopic (exact) mass is 382 g/mol. The summed E-state index contributed by atoms with van der Waals surface area (Å²) in [5, 5.41) is 13.4. The Morgan fingerprint density at radius 2 is 2.00 bits per heavy atom. The smallest absolute Gasteiger partial charge is 0.338 e. The molecular formula is C16H12ClFN2O6. The lowest BCUT2D eigenvalue weighted by atomic mass is 10.2. The number of nitrogens with zero attached hydrogens (tertiary/aromatic N) is 1. The summed E-state index contributed by atoms with van der Waals surface area (Å²) in [6, 6.07) is 7.03. The molecule has 0 aliphatic rings. The van der Waals surface area contributed by atoms with Gasteiger partial charge in [0.25, 0.3) is 5.91 Å². The van der Waals surface area contributed by atoms with Crippen molar-refractivity contribution in [3.05, 3.63) is 62.9 Å². The third kappa shape index (κ3) is 4.67. The molecule has 0 saturated carbocycles. The number of anilines is 1. The number of halogens is 2. The Kier molecular flexibility index (Phi) is 6.07. The van der Waals surface area contributed by atoms with E-state index in [0.29, 0.717) is 0 Å². The van der Waals surface area contributed by atoms with E-state index in [1.54, 1.807) is 0 Å². The fraction of sp³-hybridized carbons (Fsp3) is 0.125. The molecule has 0 saturated heterocycles. The van der Waals surface area contributed by atoms with E-state index >= 15 is 0 Å². The molecule has 26 heavy (non-hydrogen) atoms. The van der Waals surface area contributed by atoms with E-state index in [9.17, 15) is 24.1 Å². The van der Waals surface area contributed by atoms with Crippen molar-refractivity contribution in [2.75, 3.05) is 19.0 Å². The highest BCUT2D eigenvalue weighted by atomic mass is 35.5. The van der Waals surface area contributed by atoms with Crippen LogP contribution < -0.4 is 10.1 Å². The minimum absolute atomic E-state index is 0.0271. The summed E-state index contributed by atoms with van der Waals surface area (Å²) in [6.07, 6.45) is 0. The van der Waals surface area contributed by atoms with E-state index in [-0.39, 0.29) is 22.0 Å². The van der Waals surface area contributed by atoms with E-state index in [4.69, 9.17) is 21.1 Å². The first-order valence-corrected chi connectivity index (χ1v) is 7.44. The second-order valence-electron chi connectivity index (χ2n) is 4.89. The van der Waals surface area contributed by atoms with Gasteiger partial charge in [-0.1, -0.05) is 11.6 Å². The Labute approximate surface area is 151 Å². The number of nitro benzene ring substituents is 1. The zero-order valence-corrected chi connectivity index (χ0v) is 14.1. The predicted octanol–water partition coefficient (Wildman–Crippen LogP) is 3.19. The fourth-order valence-electron chi connectivity index (χ4n) is 1.95. The van der Waals surface area contributed by atoms with Crippen molar-refractivity contribution < 1.29 is 28.4 Å². The molecular weight excluding hydrogens is 371 g/mol. The molecule has 0 aliphatic heterocycles. The molecule has 2 rings (SSSR count). The molecule has 0 atom stereocenters. The molecule has 0 aliphatic carbocycles.